The lowest BCUT2D eigenvalue weighted by Crippen LogP contribution is -2.74. The molecular formula is C30H29N3O7S. The maximum absolute atomic E-state index is 13.7. The lowest BCUT2D eigenvalue weighted by Gasteiger charge is -2.48. The Labute approximate surface area is 238 Å². The van der Waals surface area contributed by atoms with E-state index < -0.39 is 49.3 Å². The van der Waals surface area contributed by atoms with Gasteiger partial charge in [-0.3, -0.25) is 4.79 Å². The summed E-state index contributed by atoms with van der Waals surface area (Å²) in [6.07, 6.45) is -3.25. The maximum atomic E-state index is 13.7. The number of aliphatic hydroxyl groups is 5. The van der Waals surface area contributed by atoms with Gasteiger partial charge in [0.2, 0.25) is 0 Å². The molecule has 0 spiro atoms. The van der Waals surface area contributed by atoms with Crippen molar-refractivity contribution in [1.82, 2.24) is 14.9 Å². The predicted molar refractivity (Wildman–Crippen MR) is 153 cm³/mol. The van der Waals surface area contributed by atoms with E-state index in [1.54, 1.807) is 12.4 Å². The van der Waals surface area contributed by atoms with Crippen LogP contribution in [0.15, 0.2) is 78.4 Å². The zero-order chi connectivity index (χ0) is 28.7. The zero-order valence-corrected chi connectivity index (χ0v) is 22.6. The largest absolute Gasteiger partial charge is 0.394 e. The fourth-order valence-electron chi connectivity index (χ4n) is 5.43. The summed E-state index contributed by atoms with van der Waals surface area (Å²) in [5.74, 6) is -0.695. The van der Waals surface area contributed by atoms with Gasteiger partial charge in [0, 0.05) is 40.8 Å². The van der Waals surface area contributed by atoms with Crippen molar-refractivity contribution in [1.29, 1.82) is 0 Å². The Bertz CT molecular complexity index is 1710. The molecule has 3 heterocycles. The highest BCUT2D eigenvalue weighted by atomic mass is 32.1. The van der Waals surface area contributed by atoms with Crippen LogP contribution in [0.25, 0.3) is 32.2 Å². The lowest BCUT2D eigenvalue weighted by atomic mass is 9.83. The van der Waals surface area contributed by atoms with Crippen LogP contribution in [0.3, 0.4) is 0 Å². The second-order valence-electron chi connectivity index (χ2n) is 10.2. The number of aliphatic hydroxyl groups excluding tert-OH is 5. The van der Waals surface area contributed by atoms with E-state index >= 15 is 0 Å². The molecule has 2 aromatic heterocycles. The van der Waals surface area contributed by atoms with E-state index in [9.17, 15) is 30.3 Å². The topological polar surface area (TPSA) is 157 Å². The molecule has 3 aromatic carbocycles. The van der Waals surface area contributed by atoms with Gasteiger partial charge in [-0.05, 0) is 28.5 Å². The van der Waals surface area contributed by atoms with Crippen molar-refractivity contribution < 1.29 is 35.1 Å². The molecule has 5 atom stereocenters. The van der Waals surface area contributed by atoms with E-state index in [-0.39, 0.29) is 5.56 Å². The van der Waals surface area contributed by atoms with Gasteiger partial charge in [-0.1, -0.05) is 48.5 Å². The molecule has 0 saturated carbocycles. The van der Waals surface area contributed by atoms with Gasteiger partial charge in [0.05, 0.1) is 18.8 Å². The van der Waals surface area contributed by atoms with Gasteiger partial charge in [0.1, 0.15) is 28.9 Å². The molecular weight excluding hydrogens is 546 g/mol. The van der Waals surface area contributed by atoms with Crippen molar-refractivity contribution in [2.45, 2.75) is 36.7 Å². The molecule has 0 aliphatic carbocycles. The van der Waals surface area contributed by atoms with Crippen LogP contribution < -0.4 is 5.32 Å². The molecule has 6 N–H and O–H groups in total. The van der Waals surface area contributed by atoms with E-state index in [0.29, 0.717) is 11.9 Å². The minimum absolute atomic E-state index is 0.234. The highest BCUT2D eigenvalue weighted by Gasteiger charge is 2.56. The number of benzene rings is 3. The normalized spacial score (nSPS) is 24.6. The van der Waals surface area contributed by atoms with E-state index in [1.165, 1.54) is 11.3 Å². The molecule has 11 heteroatoms. The Morgan fingerprint density at radius 2 is 1.85 bits per heavy atom. The Morgan fingerprint density at radius 1 is 1.05 bits per heavy atom. The lowest BCUT2D eigenvalue weighted by molar-refractivity contribution is -0.288. The summed E-state index contributed by atoms with van der Waals surface area (Å²) in [6.45, 7) is -1.15. The first-order valence-corrected chi connectivity index (χ1v) is 14.0. The summed E-state index contributed by atoms with van der Waals surface area (Å²) in [7, 11) is 0. The first-order chi connectivity index (χ1) is 19.8. The van der Waals surface area contributed by atoms with Crippen LogP contribution >= 0.6 is 11.3 Å². The van der Waals surface area contributed by atoms with Crippen LogP contribution in [0.1, 0.15) is 15.9 Å². The monoisotopic (exact) mass is 575 g/mol. The molecule has 1 amide bonds. The highest BCUT2D eigenvalue weighted by Crippen LogP contribution is 2.32. The highest BCUT2D eigenvalue weighted by molar-refractivity contribution is 7.13. The fourth-order valence-corrected chi connectivity index (χ4v) is 6.07. The average molecular weight is 576 g/mol. The summed E-state index contributed by atoms with van der Waals surface area (Å²) in [4.78, 5) is 18.1. The molecule has 5 aromatic rings. The third kappa shape index (κ3) is 4.81. The Kier molecular flexibility index (Phi) is 7.34. The molecule has 1 fully saturated rings. The number of nitrogens with zero attached hydrogens (tertiary/aromatic N) is 2. The molecule has 212 valence electrons. The molecule has 1 aliphatic rings. The molecule has 1 aliphatic heterocycles. The first kappa shape index (κ1) is 27.5. The summed E-state index contributed by atoms with van der Waals surface area (Å²) in [5.41, 5.74) is 0.765. The van der Waals surface area contributed by atoms with Gasteiger partial charge in [-0.25, -0.2) is 4.98 Å². The second kappa shape index (κ2) is 11.0. The standard InChI is InChI=1S/C30H29N3O7S/c34-15-24-25(36)26(37)30(16-35,29(39)40-24)32-27(38)22-14-33(13-17-5-6-18-3-1-2-4-19(18)11-17)23-12-20(7-8-21(22)23)28-31-9-10-41-28/h1-12,14,24-26,29,34-37,39H,13,15-16H2,(H,32,38)/t24-,25-,26+,29?,30-/m1/s1. The molecule has 10 nitrogen and oxygen atoms in total. The van der Waals surface area contributed by atoms with Crippen LogP contribution in [0.5, 0.6) is 0 Å². The quantitative estimate of drug-likeness (QED) is 0.172. The molecule has 0 bridgehead atoms. The summed E-state index contributed by atoms with van der Waals surface area (Å²) < 4.78 is 7.18. The molecule has 6 rings (SSSR count). The SMILES string of the molecule is O=C(N[C@@]1(CO)C(O)O[C@H](CO)[C@@H](O)[C@@H]1O)c1cn(Cc2ccc3ccccc3c2)c2cc(-c3nccs3)ccc12. The smallest absolute Gasteiger partial charge is 0.254 e. The predicted octanol–water partition coefficient (Wildman–Crippen LogP) is 1.86. The van der Waals surface area contributed by atoms with Crippen LogP contribution in [0, 0.1) is 0 Å². The van der Waals surface area contributed by atoms with Crippen LogP contribution in [0.4, 0.5) is 0 Å². The number of nitrogens with one attached hydrogen (secondary N) is 1. The van der Waals surface area contributed by atoms with Gasteiger partial charge in [0.25, 0.3) is 5.91 Å². The summed E-state index contributed by atoms with van der Waals surface area (Å²) >= 11 is 1.50. The minimum Gasteiger partial charge on any atom is -0.394 e. The van der Waals surface area contributed by atoms with Gasteiger partial charge in [0.15, 0.2) is 6.29 Å². The number of thiazole rings is 1. The zero-order valence-electron chi connectivity index (χ0n) is 21.8. The third-order valence-electron chi connectivity index (χ3n) is 7.74. The third-order valence-corrected chi connectivity index (χ3v) is 8.56. The van der Waals surface area contributed by atoms with Gasteiger partial charge in [-0.15, -0.1) is 11.3 Å². The second-order valence-corrected chi connectivity index (χ2v) is 11.1. The fraction of sp³-hybridized carbons (Fsp3) is 0.267. The van der Waals surface area contributed by atoms with Gasteiger partial charge >= 0.3 is 0 Å². The number of ether oxygens (including phenoxy) is 1. The molecule has 0 radical (unpaired) electrons. The molecule has 41 heavy (non-hydrogen) atoms. The van der Waals surface area contributed by atoms with Crippen molar-refractivity contribution >= 4 is 38.9 Å². The number of carbonyl (C=O) groups is 1. The van der Waals surface area contributed by atoms with E-state index in [0.717, 1.165) is 32.4 Å². The Hall–Kier alpha value is -3.68. The maximum Gasteiger partial charge on any atom is 0.254 e. The van der Waals surface area contributed by atoms with Gasteiger partial charge in [-0.2, -0.15) is 0 Å². The Balaban J connectivity index is 1.40. The van der Waals surface area contributed by atoms with Crippen LogP contribution in [-0.4, -0.2) is 84.3 Å². The number of amides is 1. The molecule has 1 saturated heterocycles. The van der Waals surface area contributed by atoms with Crippen molar-refractivity contribution in [3.05, 3.63) is 89.6 Å². The number of hydrogen-bond acceptors (Lipinski definition) is 9. The van der Waals surface area contributed by atoms with Crippen molar-refractivity contribution in [3.8, 4) is 10.6 Å². The number of carbonyl (C=O) groups excluding carboxylic acids is 1. The van der Waals surface area contributed by atoms with Crippen LogP contribution in [-0.2, 0) is 11.3 Å². The number of aromatic nitrogens is 2. The molecule has 1 unspecified atom stereocenters. The van der Waals surface area contributed by atoms with Crippen molar-refractivity contribution in [2.24, 2.45) is 0 Å². The number of fused-ring (bicyclic) bond motifs is 2. The number of rotatable bonds is 7. The van der Waals surface area contributed by atoms with Crippen molar-refractivity contribution in [3.63, 3.8) is 0 Å². The minimum atomic E-state index is -2.13. The van der Waals surface area contributed by atoms with Crippen molar-refractivity contribution in [2.75, 3.05) is 13.2 Å². The van der Waals surface area contributed by atoms with E-state index in [4.69, 9.17) is 4.74 Å². The van der Waals surface area contributed by atoms with Crippen LogP contribution in [0.2, 0.25) is 0 Å². The van der Waals surface area contributed by atoms with E-state index in [1.807, 2.05) is 64.5 Å². The average Bonchev–Trinajstić information content (AvgIpc) is 3.66. The van der Waals surface area contributed by atoms with Gasteiger partial charge < -0.3 is 40.2 Å². The summed E-state index contributed by atoms with van der Waals surface area (Å²) in [5, 5.41) is 59.6. The first-order valence-electron chi connectivity index (χ1n) is 13.1. The number of hydrogen-bond donors (Lipinski definition) is 6. The summed E-state index contributed by atoms with van der Waals surface area (Å²) in [6, 6.07) is 19.9. The van der Waals surface area contributed by atoms with E-state index in [2.05, 4.69) is 16.4 Å². The Morgan fingerprint density at radius 3 is 2.59 bits per heavy atom.